The second-order valence-corrected chi connectivity index (χ2v) is 3.62. The number of aliphatic hydroxyl groups excluding tert-OH is 1. The molecule has 3 nitrogen and oxygen atoms in total. The normalized spacial score (nSPS) is 19.3. The molecule has 0 aliphatic heterocycles. The lowest BCUT2D eigenvalue weighted by Crippen LogP contribution is -2.27. The van der Waals surface area contributed by atoms with Crippen molar-refractivity contribution in [3.8, 4) is 0 Å². The average Bonchev–Trinajstić information content (AvgIpc) is 2.17. The molecular weight excluding hydrogens is 192 g/mol. The summed E-state index contributed by atoms with van der Waals surface area (Å²) in [6, 6.07) is 9.33. The Morgan fingerprint density at radius 2 is 1.73 bits per heavy atom. The molecule has 1 aromatic carbocycles. The van der Waals surface area contributed by atoms with Crippen LogP contribution in [0.25, 0.3) is 5.57 Å². The first-order chi connectivity index (χ1) is 7.08. The monoisotopic (exact) mass is 204 g/mol. The molecule has 15 heavy (non-hydrogen) atoms. The summed E-state index contributed by atoms with van der Waals surface area (Å²) in [5, 5.41) is 28.2. The SMILES string of the molecule is OC1=C(c2ccccc2)C=CC(O)(O)C1. The fraction of sp³-hybridized carbons (Fsp3) is 0.167. The molecule has 0 amide bonds. The van der Waals surface area contributed by atoms with Crippen LogP contribution in [0.15, 0.2) is 48.2 Å². The lowest BCUT2D eigenvalue weighted by molar-refractivity contribution is -0.121. The van der Waals surface area contributed by atoms with Crippen molar-refractivity contribution >= 4 is 5.57 Å². The smallest absolute Gasteiger partial charge is 0.190 e. The Bertz CT molecular complexity index is 416. The third kappa shape index (κ3) is 2.09. The molecule has 78 valence electrons. The summed E-state index contributed by atoms with van der Waals surface area (Å²) in [4.78, 5) is 0. The van der Waals surface area contributed by atoms with E-state index in [2.05, 4.69) is 0 Å². The molecule has 0 saturated carbocycles. The van der Waals surface area contributed by atoms with E-state index in [1.165, 1.54) is 12.2 Å². The minimum atomic E-state index is -1.93. The van der Waals surface area contributed by atoms with Crippen molar-refractivity contribution in [2.75, 3.05) is 0 Å². The Hall–Kier alpha value is -1.58. The molecule has 0 heterocycles. The summed E-state index contributed by atoms with van der Waals surface area (Å²) >= 11 is 0. The zero-order valence-electron chi connectivity index (χ0n) is 8.09. The Labute approximate surface area is 87.6 Å². The molecule has 0 aromatic heterocycles. The van der Waals surface area contributed by atoms with Crippen LogP contribution in [0.5, 0.6) is 0 Å². The van der Waals surface area contributed by atoms with Gasteiger partial charge in [0.25, 0.3) is 0 Å². The van der Waals surface area contributed by atoms with Crippen molar-refractivity contribution in [3.05, 3.63) is 53.8 Å². The van der Waals surface area contributed by atoms with Crippen LogP contribution in [0.2, 0.25) is 0 Å². The molecule has 3 N–H and O–H groups in total. The van der Waals surface area contributed by atoms with Gasteiger partial charge in [0, 0.05) is 5.57 Å². The molecule has 0 fully saturated rings. The largest absolute Gasteiger partial charge is 0.511 e. The van der Waals surface area contributed by atoms with Gasteiger partial charge in [-0.15, -0.1) is 0 Å². The molecule has 0 unspecified atom stereocenters. The third-order valence-electron chi connectivity index (χ3n) is 2.34. The van der Waals surface area contributed by atoms with E-state index in [9.17, 15) is 15.3 Å². The molecule has 0 saturated heterocycles. The predicted molar refractivity (Wildman–Crippen MR) is 56.9 cm³/mol. The molecular formula is C12H12O3. The van der Waals surface area contributed by atoms with E-state index >= 15 is 0 Å². The summed E-state index contributed by atoms with van der Waals surface area (Å²) in [6.07, 6.45) is 2.62. The fourth-order valence-corrected chi connectivity index (χ4v) is 1.59. The van der Waals surface area contributed by atoms with Gasteiger partial charge in [0.15, 0.2) is 5.79 Å². The van der Waals surface area contributed by atoms with Gasteiger partial charge in [-0.3, -0.25) is 0 Å². The number of hydrogen-bond donors (Lipinski definition) is 3. The molecule has 0 bridgehead atoms. The minimum absolute atomic E-state index is 0.00583. The summed E-state index contributed by atoms with van der Waals surface area (Å²) in [6.45, 7) is 0. The van der Waals surface area contributed by atoms with E-state index in [4.69, 9.17) is 0 Å². The van der Waals surface area contributed by atoms with Crippen LogP contribution < -0.4 is 0 Å². The Kier molecular flexibility index (Phi) is 2.34. The first-order valence-electron chi connectivity index (χ1n) is 4.70. The van der Waals surface area contributed by atoms with Crippen LogP contribution in [0.1, 0.15) is 12.0 Å². The summed E-state index contributed by atoms with van der Waals surface area (Å²) in [5.41, 5.74) is 1.50. The lowest BCUT2D eigenvalue weighted by atomic mass is 9.95. The maximum atomic E-state index is 9.67. The molecule has 1 aliphatic rings. The number of benzene rings is 1. The zero-order chi connectivity index (χ0) is 10.9. The Balaban J connectivity index is 2.37. The van der Waals surface area contributed by atoms with Crippen molar-refractivity contribution in [2.24, 2.45) is 0 Å². The first-order valence-corrected chi connectivity index (χ1v) is 4.70. The van der Waals surface area contributed by atoms with Crippen molar-refractivity contribution in [2.45, 2.75) is 12.2 Å². The number of aliphatic hydroxyl groups is 3. The van der Waals surface area contributed by atoms with Crippen molar-refractivity contribution in [3.63, 3.8) is 0 Å². The van der Waals surface area contributed by atoms with Crippen LogP contribution >= 0.6 is 0 Å². The number of allylic oxidation sites excluding steroid dienone is 2. The van der Waals surface area contributed by atoms with Gasteiger partial charge >= 0.3 is 0 Å². The van der Waals surface area contributed by atoms with Gasteiger partial charge in [-0.1, -0.05) is 30.3 Å². The molecule has 2 rings (SSSR count). The highest BCUT2D eigenvalue weighted by molar-refractivity contribution is 5.76. The van der Waals surface area contributed by atoms with Gasteiger partial charge in [-0.2, -0.15) is 0 Å². The van der Waals surface area contributed by atoms with Crippen molar-refractivity contribution in [1.82, 2.24) is 0 Å². The highest BCUT2D eigenvalue weighted by atomic mass is 16.5. The second-order valence-electron chi connectivity index (χ2n) is 3.62. The quantitative estimate of drug-likeness (QED) is 0.609. The Morgan fingerprint density at radius 3 is 2.33 bits per heavy atom. The highest BCUT2D eigenvalue weighted by Crippen LogP contribution is 2.29. The van der Waals surface area contributed by atoms with Gasteiger partial charge in [-0.25, -0.2) is 0 Å². The van der Waals surface area contributed by atoms with Crippen molar-refractivity contribution < 1.29 is 15.3 Å². The minimum Gasteiger partial charge on any atom is -0.511 e. The van der Waals surface area contributed by atoms with Gasteiger partial charge in [0.05, 0.1) is 6.42 Å². The lowest BCUT2D eigenvalue weighted by Gasteiger charge is -2.22. The van der Waals surface area contributed by atoms with E-state index in [-0.39, 0.29) is 12.2 Å². The predicted octanol–water partition coefficient (Wildman–Crippen LogP) is 1.60. The van der Waals surface area contributed by atoms with Crippen LogP contribution in [0, 0.1) is 0 Å². The highest BCUT2D eigenvalue weighted by Gasteiger charge is 2.26. The molecule has 0 radical (unpaired) electrons. The molecule has 0 atom stereocenters. The molecule has 1 aromatic rings. The molecule has 3 heteroatoms. The first kappa shape index (κ1) is 9.96. The molecule has 0 spiro atoms. The summed E-state index contributed by atoms with van der Waals surface area (Å²) in [7, 11) is 0. The average molecular weight is 204 g/mol. The van der Waals surface area contributed by atoms with Gasteiger partial charge in [-0.05, 0) is 17.7 Å². The van der Waals surface area contributed by atoms with Crippen LogP contribution in [0.4, 0.5) is 0 Å². The maximum Gasteiger partial charge on any atom is 0.190 e. The third-order valence-corrected chi connectivity index (χ3v) is 2.34. The van der Waals surface area contributed by atoms with Crippen molar-refractivity contribution in [1.29, 1.82) is 0 Å². The fourth-order valence-electron chi connectivity index (χ4n) is 1.59. The maximum absolute atomic E-state index is 9.67. The number of hydrogen-bond acceptors (Lipinski definition) is 3. The molecule has 1 aliphatic carbocycles. The van der Waals surface area contributed by atoms with Gasteiger partial charge in [0.2, 0.25) is 0 Å². The summed E-state index contributed by atoms with van der Waals surface area (Å²) in [5.74, 6) is -1.93. The zero-order valence-corrected chi connectivity index (χ0v) is 8.09. The van der Waals surface area contributed by atoms with E-state index in [1.54, 1.807) is 0 Å². The van der Waals surface area contributed by atoms with Crippen LogP contribution in [-0.4, -0.2) is 21.1 Å². The Morgan fingerprint density at radius 1 is 1.07 bits per heavy atom. The van der Waals surface area contributed by atoms with Crippen LogP contribution in [-0.2, 0) is 0 Å². The van der Waals surface area contributed by atoms with E-state index in [0.717, 1.165) is 5.56 Å². The topological polar surface area (TPSA) is 60.7 Å². The van der Waals surface area contributed by atoms with Crippen LogP contribution in [0.3, 0.4) is 0 Å². The van der Waals surface area contributed by atoms with E-state index in [0.29, 0.717) is 5.57 Å². The second kappa shape index (κ2) is 3.53. The van der Waals surface area contributed by atoms with E-state index in [1.807, 2.05) is 30.3 Å². The van der Waals surface area contributed by atoms with Gasteiger partial charge in [0.1, 0.15) is 5.76 Å². The van der Waals surface area contributed by atoms with Gasteiger partial charge < -0.3 is 15.3 Å². The number of rotatable bonds is 1. The van der Waals surface area contributed by atoms with E-state index < -0.39 is 5.79 Å². The summed E-state index contributed by atoms with van der Waals surface area (Å²) < 4.78 is 0. The standard InChI is InChI=1S/C12H12O3/c13-11-8-12(14,15)7-6-10(11)9-4-2-1-3-5-9/h1-7,13-15H,8H2.